The van der Waals surface area contributed by atoms with Crippen LogP contribution in [0.15, 0.2) is 24.4 Å². The number of rotatable bonds is 2. The number of hydrogen-bond acceptors (Lipinski definition) is 2. The topological polar surface area (TPSA) is 32.3 Å². The van der Waals surface area contributed by atoms with Crippen LogP contribution in [0.3, 0.4) is 0 Å². The van der Waals surface area contributed by atoms with Crippen molar-refractivity contribution in [3.63, 3.8) is 0 Å². The maximum absolute atomic E-state index is 9.89. The summed E-state index contributed by atoms with van der Waals surface area (Å²) in [6.45, 7) is 8.17. The zero-order chi connectivity index (χ0) is 11.0. The molecule has 1 atom stereocenters. The Morgan fingerprint density at radius 2 is 2.27 bits per heavy atom. The molecule has 0 fully saturated rings. The summed E-state index contributed by atoms with van der Waals surface area (Å²) in [5.74, 6) is 0.800. The molecule has 0 bridgehead atoms. The van der Waals surface area contributed by atoms with Gasteiger partial charge in [0.2, 0.25) is 0 Å². The fraction of sp³-hybridized carbons (Fsp3) is 0.385. The second-order valence-electron chi connectivity index (χ2n) is 4.28. The Balaban J connectivity index is 2.44. The molecule has 1 heterocycles. The largest absolute Gasteiger partial charge is 0.508 e. The first-order valence-corrected chi connectivity index (χ1v) is 5.42. The van der Waals surface area contributed by atoms with E-state index in [9.17, 15) is 5.11 Å². The summed E-state index contributed by atoms with van der Waals surface area (Å²) in [6, 6.07) is 3.92. The Morgan fingerprint density at radius 1 is 1.53 bits per heavy atom. The SMILES string of the molecule is C=C1Cc2cc(C(C)CC)c(O)cc2N1. The molecule has 1 aromatic rings. The molecule has 1 aliphatic heterocycles. The minimum Gasteiger partial charge on any atom is -0.508 e. The van der Waals surface area contributed by atoms with Gasteiger partial charge in [-0.05, 0) is 29.5 Å². The van der Waals surface area contributed by atoms with Crippen LogP contribution in [0.4, 0.5) is 5.69 Å². The molecule has 0 radical (unpaired) electrons. The molecule has 2 nitrogen and oxygen atoms in total. The third-order valence-electron chi connectivity index (χ3n) is 3.11. The lowest BCUT2D eigenvalue weighted by atomic mass is 9.95. The lowest BCUT2D eigenvalue weighted by Gasteiger charge is -2.13. The monoisotopic (exact) mass is 203 g/mol. The number of nitrogens with one attached hydrogen (secondary N) is 1. The summed E-state index contributed by atoms with van der Waals surface area (Å²) in [5, 5.41) is 13.1. The van der Waals surface area contributed by atoms with Gasteiger partial charge in [-0.1, -0.05) is 20.4 Å². The van der Waals surface area contributed by atoms with E-state index in [1.54, 1.807) is 0 Å². The number of anilines is 1. The third kappa shape index (κ3) is 1.72. The zero-order valence-electron chi connectivity index (χ0n) is 9.30. The Labute approximate surface area is 90.6 Å². The van der Waals surface area contributed by atoms with Gasteiger partial charge >= 0.3 is 0 Å². The fourth-order valence-electron chi connectivity index (χ4n) is 1.99. The Kier molecular flexibility index (Phi) is 2.43. The van der Waals surface area contributed by atoms with E-state index >= 15 is 0 Å². The molecule has 0 saturated heterocycles. The Bertz CT molecular complexity index is 409. The highest BCUT2D eigenvalue weighted by Gasteiger charge is 2.18. The van der Waals surface area contributed by atoms with E-state index < -0.39 is 0 Å². The summed E-state index contributed by atoms with van der Waals surface area (Å²) in [6.07, 6.45) is 1.92. The molecule has 0 spiro atoms. The zero-order valence-corrected chi connectivity index (χ0v) is 9.30. The molecule has 0 amide bonds. The molecule has 0 aliphatic carbocycles. The molecule has 1 aliphatic rings. The number of phenols is 1. The molecule has 2 rings (SSSR count). The first-order valence-electron chi connectivity index (χ1n) is 5.42. The highest BCUT2D eigenvalue weighted by atomic mass is 16.3. The van der Waals surface area contributed by atoms with E-state index in [1.807, 2.05) is 6.07 Å². The van der Waals surface area contributed by atoms with Gasteiger partial charge in [0.15, 0.2) is 0 Å². The van der Waals surface area contributed by atoms with Crippen LogP contribution in [0.5, 0.6) is 5.75 Å². The lowest BCUT2D eigenvalue weighted by molar-refractivity contribution is 0.462. The van der Waals surface area contributed by atoms with Crippen molar-refractivity contribution in [2.75, 3.05) is 5.32 Å². The van der Waals surface area contributed by atoms with E-state index in [2.05, 4.69) is 31.8 Å². The summed E-state index contributed by atoms with van der Waals surface area (Å²) in [4.78, 5) is 0. The smallest absolute Gasteiger partial charge is 0.121 e. The van der Waals surface area contributed by atoms with E-state index in [4.69, 9.17) is 0 Å². The van der Waals surface area contributed by atoms with Gasteiger partial charge in [-0.25, -0.2) is 0 Å². The van der Waals surface area contributed by atoms with Gasteiger partial charge in [0.1, 0.15) is 5.75 Å². The van der Waals surface area contributed by atoms with Crippen LogP contribution in [-0.4, -0.2) is 5.11 Å². The van der Waals surface area contributed by atoms with Crippen molar-refractivity contribution in [2.24, 2.45) is 0 Å². The summed E-state index contributed by atoms with van der Waals surface area (Å²) in [7, 11) is 0. The molecule has 2 heteroatoms. The van der Waals surface area contributed by atoms with Crippen LogP contribution in [0, 0.1) is 0 Å². The molecule has 80 valence electrons. The number of phenolic OH excluding ortho intramolecular Hbond substituents is 1. The minimum absolute atomic E-state index is 0.394. The van der Waals surface area contributed by atoms with Crippen LogP contribution in [0.1, 0.15) is 37.3 Å². The standard InChI is InChI=1S/C13H17NO/c1-4-8(2)11-6-10-5-9(3)14-12(10)7-13(11)15/h6-8,14-15H,3-5H2,1-2H3. The molecular weight excluding hydrogens is 186 g/mol. The third-order valence-corrected chi connectivity index (χ3v) is 3.11. The number of hydrogen-bond donors (Lipinski definition) is 2. The Hall–Kier alpha value is -1.44. The molecule has 2 N–H and O–H groups in total. The highest BCUT2D eigenvalue weighted by Crippen LogP contribution is 2.37. The maximum Gasteiger partial charge on any atom is 0.121 e. The first-order chi connectivity index (χ1) is 7.11. The molecular formula is C13H17NO. The molecule has 0 saturated carbocycles. The van der Waals surface area contributed by atoms with Gasteiger partial charge < -0.3 is 10.4 Å². The molecule has 1 unspecified atom stereocenters. The van der Waals surface area contributed by atoms with Gasteiger partial charge in [0, 0.05) is 23.9 Å². The number of aromatic hydroxyl groups is 1. The second kappa shape index (κ2) is 3.61. The van der Waals surface area contributed by atoms with E-state index in [1.165, 1.54) is 5.56 Å². The maximum atomic E-state index is 9.89. The van der Waals surface area contributed by atoms with Crippen LogP contribution < -0.4 is 5.32 Å². The van der Waals surface area contributed by atoms with Gasteiger partial charge in [-0.2, -0.15) is 0 Å². The van der Waals surface area contributed by atoms with Crippen molar-refractivity contribution in [1.29, 1.82) is 0 Å². The van der Waals surface area contributed by atoms with E-state index in [0.717, 1.165) is 29.8 Å². The predicted octanol–water partition coefficient (Wildman–Crippen LogP) is 3.39. The summed E-state index contributed by atoms with van der Waals surface area (Å²) >= 11 is 0. The van der Waals surface area contributed by atoms with Crippen molar-refractivity contribution in [3.05, 3.63) is 35.5 Å². The van der Waals surface area contributed by atoms with Crippen LogP contribution in [0.25, 0.3) is 0 Å². The van der Waals surface area contributed by atoms with Crippen molar-refractivity contribution in [3.8, 4) is 5.75 Å². The molecule has 0 aromatic heterocycles. The van der Waals surface area contributed by atoms with Crippen molar-refractivity contribution in [2.45, 2.75) is 32.6 Å². The average molecular weight is 203 g/mol. The van der Waals surface area contributed by atoms with E-state index in [0.29, 0.717) is 11.7 Å². The van der Waals surface area contributed by atoms with Crippen molar-refractivity contribution in [1.82, 2.24) is 0 Å². The number of fused-ring (bicyclic) bond motifs is 1. The fourth-order valence-corrected chi connectivity index (χ4v) is 1.99. The quantitative estimate of drug-likeness (QED) is 0.772. The van der Waals surface area contributed by atoms with Crippen molar-refractivity contribution < 1.29 is 5.11 Å². The number of benzene rings is 1. The van der Waals surface area contributed by atoms with Crippen LogP contribution in [-0.2, 0) is 6.42 Å². The molecule has 1 aromatic carbocycles. The summed E-state index contributed by atoms with van der Waals surface area (Å²) < 4.78 is 0. The van der Waals surface area contributed by atoms with Gasteiger partial charge in [0.25, 0.3) is 0 Å². The highest BCUT2D eigenvalue weighted by molar-refractivity contribution is 5.66. The predicted molar refractivity (Wildman–Crippen MR) is 63.3 cm³/mol. The minimum atomic E-state index is 0.394. The molecule has 15 heavy (non-hydrogen) atoms. The van der Waals surface area contributed by atoms with Crippen LogP contribution >= 0.6 is 0 Å². The first kappa shape index (κ1) is 10.1. The van der Waals surface area contributed by atoms with E-state index in [-0.39, 0.29) is 0 Å². The van der Waals surface area contributed by atoms with Crippen LogP contribution in [0.2, 0.25) is 0 Å². The normalized spacial score (nSPS) is 16.0. The van der Waals surface area contributed by atoms with Gasteiger partial charge in [-0.3, -0.25) is 0 Å². The van der Waals surface area contributed by atoms with Crippen molar-refractivity contribution >= 4 is 5.69 Å². The number of allylic oxidation sites excluding steroid dienone is 1. The van der Waals surface area contributed by atoms with Gasteiger partial charge in [-0.15, -0.1) is 0 Å². The second-order valence-corrected chi connectivity index (χ2v) is 4.28. The average Bonchev–Trinajstić information content (AvgIpc) is 2.55. The van der Waals surface area contributed by atoms with Gasteiger partial charge in [0.05, 0.1) is 0 Å². The lowest BCUT2D eigenvalue weighted by Crippen LogP contribution is -1.94. The Morgan fingerprint density at radius 3 is 2.93 bits per heavy atom. The summed E-state index contributed by atoms with van der Waals surface area (Å²) in [5.41, 5.74) is 4.30.